The van der Waals surface area contributed by atoms with Gasteiger partial charge in [0.25, 0.3) is 10.9 Å². The lowest BCUT2D eigenvalue weighted by molar-refractivity contribution is 0.784. The second kappa shape index (κ2) is 7.16. The summed E-state index contributed by atoms with van der Waals surface area (Å²) in [4.78, 5) is 25.6. The molecule has 2 rings (SSSR count). The van der Waals surface area contributed by atoms with Gasteiger partial charge in [-0.2, -0.15) is 0 Å². The Balaban J connectivity index is 2.18. The molecule has 4 nitrogen and oxygen atoms in total. The summed E-state index contributed by atoms with van der Waals surface area (Å²) in [7, 11) is 0. The van der Waals surface area contributed by atoms with Crippen molar-refractivity contribution in [2.75, 3.05) is 23.3 Å². The van der Waals surface area contributed by atoms with Crippen molar-refractivity contribution in [2.45, 2.75) is 26.8 Å². The van der Waals surface area contributed by atoms with Gasteiger partial charge in [0.05, 0.1) is 0 Å². The van der Waals surface area contributed by atoms with Gasteiger partial charge in [-0.25, -0.2) is 0 Å². The molecule has 0 aliphatic carbocycles. The number of nitrogens with zero attached hydrogens (tertiary/aromatic N) is 1. The Bertz CT molecular complexity index is 736. The molecule has 2 aromatic carbocycles. The minimum Gasteiger partial charge on any atom is -0.376 e. The molecule has 0 bridgehead atoms. The van der Waals surface area contributed by atoms with Gasteiger partial charge in [0.2, 0.25) is 0 Å². The highest BCUT2D eigenvalue weighted by molar-refractivity contribution is 6.35. The minimum absolute atomic E-state index is 0.373. The van der Waals surface area contributed by atoms with Gasteiger partial charge in [0.15, 0.2) is 0 Å². The monoisotopic (exact) mass is 340 g/mol. The third-order valence-electron chi connectivity index (χ3n) is 3.55. The van der Waals surface area contributed by atoms with Gasteiger partial charge in [-0.05, 0) is 31.0 Å². The van der Waals surface area contributed by atoms with Gasteiger partial charge < -0.3 is 10.2 Å². The molecule has 0 atom stereocenters. The van der Waals surface area contributed by atoms with E-state index in [1.807, 2.05) is 18.7 Å². The summed E-state index contributed by atoms with van der Waals surface area (Å²) in [6, 6.07) is 5.19. The van der Waals surface area contributed by atoms with Crippen LogP contribution in [-0.4, -0.2) is 13.1 Å². The Morgan fingerprint density at radius 3 is 2.45 bits per heavy atom. The molecule has 0 aliphatic rings. The maximum Gasteiger partial charge on any atom is 0.253 e. The van der Waals surface area contributed by atoms with Gasteiger partial charge in [-0.1, -0.05) is 36.2 Å². The van der Waals surface area contributed by atoms with Gasteiger partial charge in [-0.15, -0.1) is 0 Å². The number of nitrogens with one attached hydrogen (secondary N) is 1. The zero-order valence-corrected chi connectivity index (χ0v) is 14.1. The molecule has 118 valence electrons. The van der Waals surface area contributed by atoms with Crippen LogP contribution in [0.3, 0.4) is 0 Å². The van der Waals surface area contributed by atoms with Crippen molar-refractivity contribution < 1.29 is 0 Å². The van der Waals surface area contributed by atoms with E-state index in [-0.39, 0.29) is 0 Å². The van der Waals surface area contributed by atoms with Gasteiger partial charge in [-0.3, -0.25) is 9.59 Å². The van der Waals surface area contributed by atoms with Gasteiger partial charge in [0.1, 0.15) is 11.4 Å². The molecule has 22 heavy (non-hydrogen) atoms. The zero-order valence-electron chi connectivity index (χ0n) is 12.6. The van der Waals surface area contributed by atoms with Crippen LogP contribution in [0.2, 0.25) is 10.0 Å². The van der Waals surface area contributed by atoms with E-state index >= 15 is 0 Å². The Hall–Kier alpha value is -1.52. The number of hydrogen-bond donors (Lipinski definition) is 1. The number of rotatable bonds is 7. The maximum absolute atomic E-state index is 11.8. The van der Waals surface area contributed by atoms with Crippen molar-refractivity contribution in [3.05, 3.63) is 54.3 Å². The third kappa shape index (κ3) is 3.28. The highest BCUT2D eigenvalue weighted by atomic mass is 35.5. The Kier molecular flexibility index (Phi) is 5.48. The van der Waals surface area contributed by atoms with Crippen LogP contribution in [0.25, 0.3) is 0 Å². The smallest absolute Gasteiger partial charge is 0.253 e. The summed E-state index contributed by atoms with van der Waals surface area (Å²) in [5.74, 6) is 0. The molecular formula is C16H18Cl2N2O2. The first-order chi connectivity index (χ1) is 10.5. The molecule has 2 aromatic rings. The van der Waals surface area contributed by atoms with E-state index in [0.29, 0.717) is 34.5 Å². The summed E-state index contributed by atoms with van der Waals surface area (Å²) in [5, 5.41) is 4.13. The number of hydrogen-bond acceptors (Lipinski definition) is 4. The quantitative estimate of drug-likeness (QED) is 0.784. The first-order valence-corrected chi connectivity index (χ1v) is 8.01. The lowest BCUT2D eigenvalue weighted by Crippen LogP contribution is -2.42. The molecule has 0 radical (unpaired) electrons. The van der Waals surface area contributed by atoms with Crippen LogP contribution in [-0.2, 0) is 6.54 Å². The van der Waals surface area contributed by atoms with E-state index < -0.39 is 10.9 Å². The molecule has 1 N–H and O–H groups in total. The fourth-order valence-electron chi connectivity index (χ4n) is 2.39. The summed E-state index contributed by atoms with van der Waals surface area (Å²) >= 11 is 12.0. The predicted molar refractivity (Wildman–Crippen MR) is 93.3 cm³/mol. The van der Waals surface area contributed by atoms with Crippen LogP contribution in [0.5, 0.6) is 0 Å². The van der Waals surface area contributed by atoms with Crippen LogP contribution >= 0.6 is 23.2 Å². The average Bonchev–Trinajstić information content (AvgIpc) is 2.50. The van der Waals surface area contributed by atoms with Gasteiger partial charge >= 0.3 is 0 Å². The van der Waals surface area contributed by atoms with Crippen LogP contribution in [0, 0.1) is 0 Å². The first kappa shape index (κ1) is 16.8. The average molecular weight is 341 g/mol. The largest absolute Gasteiger partial charge is 0.376 e. The lowest BCUT2D eigenvalue weighted by Gasteiger charge is -2.26. The normalized spacial score (nSPS) is 10.9. The van der Waals surface area contributed by atoms with Crippen LogP contribution < -0.4 is 21.1 Å². The number of halogens is 2. The second-order valence-electron chi connectivity index (χ2n) is 5.05. The molecule has 0 heterocycles. The Morgan fingerprint density at radius 1 is 1.14 bits per heavy atom. The molecular weight excluding hydrogens is 323 g/mol. The van der Waals surface area contributed by atoms with Crippen molar-refractivity contribution in [1.82, 2.24) is 0 Å². The van der Waals surface area contributed by atoms with E-state index in [9.17, 15) is 9.59 Å². The minimum atomic E-state index is -0.463. The standard InChI is InChI=1S/C16H18Cl2N2O2/c1-3-7-20(4-2)14-13(15(21)16(14)22)19-9-10-5-6-11(17)8-12(10)18/h5-6,8,19H,3-4,7,9H2,1-2H3. The third-order valence-corrected chi connectivity index (χ3v) is 4.13. The lowest BCUT2D eigenvalue weighted by atomic mass is 10.1. The Labute approximate surface area is 139 Å². The molecule has 0 aliphatic heterocycles. The van der Waals surface area contributed by atoms with E-state index in [1.54, 1.807) is 18.2 Å². The summed E-state index contributed by atoms with van der Waals surface area (Å²) in [5.41, 5.74) is 0.809. The van der Waals surface area contributed by atoms with E-state index in [1.165, 1.54) is 0 Å². The van der Waals surface area contributed by atoms with E-state index in [2.05, 4.69) is 5.32 Å². The summed E-state index contributed by atoms with van der Waals surface area (Å²) in [6.07, 6.45) is 0.912. The molecule has 0 saturated carbocycles. The van der Waals surface area contributed by atoms with Crippen molar-refractivity contribution in [3.63, 3.8) is 0 Å². The predicted octanol–water partition coefficient (Wildman–Crippen LogP) is 3.44. The van der Waals surface area contributed by atoms with Crippen molar-refractivity contribution in [1.29, 1.82) is 0 Å². The molecule has 0 unspecified atom stereocenters. The van der Waals surface area contributed by atoms with Gasteiger partial charge in [0, 0.05) is 29.7 Å². The highest BCUT2D eigenvalue weighted by Crippen LogP contribution is 2.24. The topological polar surface area (TPSA) is 49.4 Å². The van der Waals surface area contributed by atoms with E-state index in [0.717, 1.165) is 18.5 Å². The van der Waals surface area contributed by atoms with Crippen LogP contribution in [0.15, 0.2) is 27.8 Å². The molecule has 0 fully saturated rings. The fourth-order valence-corrected chi connectivity index (χ4v) is 2.87. The Morgan fingerprint density at radius 2 is 1.86 bits per heavy atom. The van der Waals surface area contributed by atoms with Crippen LogP contribution in [0.4, 0.5) is 11.4 Å². The molecule has 0 aromatic heterocycles. The number of benzene rings is 1. The highest BCUT2D eigenvalue weighted by Gasteiger charge is 2.24. The first-order valence-electron chi connectivity index (χ1n) is 7.25. The SMILES string of the molecule is CCCN(CC)c1c(NCc2ccc(Cl)cc2Cl)c(=O)c1=O. The van der Waals surface area contributed by atoms with Crippen molar-refractivity contribution >= 4 is 34.6 Å². The van der Waals surface area contributed by atoms with Crippen molar-refractivity contribution in [2.24, 2.45) is 0 Å². The fraction of sp³-hybridized carbons (Fsp3) is 0.375. The molecule has 0 spiro atoms. The zero-order chi connectivity index (χ0) is 16.3. The van der Waals surface area contributed by atoms with Crippen LogP contribution in [0.1, 0.15) is 25.8 Å². The van der Waals surface area contributed by atoms with E-state index in [4.69, 9.17) is 23.2 Å². The summed E-state index contributed by atoms with van der Waals surface area (Å²) in [6.45, 7) is 5.81. The molecule has 0 saturated heterocycles. The number of anilines is 2. The van der Waals surface area contributed by atoms with Crippen molar-refractivity contribution in [3.8, 4) is 0 Å². The molecule has 6 heteroatoms. The molecule has 0 amide bonds. The summed E-state index contributed by atoms with van der Waals surface area (Å²) < 4.78 is 0. The second-order valence-corrected chi connectivity index (χ2v) is 5.89. The maximum atomic E-state index is 11.8.